The molecule has 1 aromatic rings. The van der Waals surface area contributed by atoms with Crippen molar-refractivity contribution in [2.75, 3.05) is 0 Å². The SMILES string of the molecule is CC(c1ccccc1)C12CCCC=C1C2. The van der Waals surface area contributed by atoms with Crippen molar-refractivity contribution in [3.05, 3.63) is 47.5 Å². The van der Waals surface area contributed by atoms with Gasteiger partial charge in [-0.05, 0) is 37.2 Å². The van der Waals surface area contributed by atoms with E-state index in [0.29, 0.717) is 11.3 Å². The predicted molar refractivity (Wildman–Crippen MR) is 63.8 cm³/mol. The molecule has 0 heteroatoms. The fraction of sp³-hybridized carbons (Fsp3) is 0.467. The second-order valence-corrected chi connectivity index (χ2v) is 5.09. The van der Waals surface area contributed by atoms with E-state index in [0.717, 1.165) is 0 Å². The monoisotopic (exact) mass is 198 g/mol. The van der Waals surface area contributed by atoms with Gasteiger partial charge >= 0.3 is 0 Å². The first-order valence-electron chi connectivity index (χ1n) is 6.07. The number of hydrogen-bond acceptors (Lipinski definition) is 0. The van der Waals surface area contributed by atoms with Gasteiger partial charge in [0.1, 0.15) is 0 Å². The summed E-state index contributed by atoms with van der Waals surface area (Å²) in [7, 11) is 0. The summed E-state index contributed by atoms with van der Waals surface area (Å²) < 4.78 is 0. The average molecular weight is 198 g/mol. The Kier molecular flexibility index (Phi) is 1.98. The highest BCUT2D eigenvalue weighted by Crippen LogP contribution is 2.65. The lowest BCUT2D eigenvalue weighted by Gasteiger charge is -2.25. The molecular weight excluding hydrogens is 180 g/mol. The normalized spacial score (nSPS) is 30.3. The van der Waals surface area contributed by atoms with E-state index in [1.807, 2.05) is 0 Å². The van der Waals surface area contributed by atoms with Crippen LogP contribution in [0.4, 0.5) is 0 Å². The largest absolute Gasteiger partial charge is 0.0847 e. The Morgan fingerprint density at radius 1 is 1.20 bits per heavy atom. The van der Waals surface area contributed by atoms with E-state index in [4.69, 9.17) is 0 Å². The molecule has 78 valence electrons. The van der Waals surface area contributed by atoms with Crippen molar-refractivity contribution in [3.63, 3.8) is 0 Å². The Morgan fingerprint density at radius 3 is 2.73 bits per heavy atom. The van der Waals surface area contributed by atoms with E-state index in [-0.39, 0.29) is 0 Å². The summed E-state index contributed by atoms with van der Waals surface area (Å²) in [5, 5.41) is 0. The lowest BCUT2D eigenvalue weighted by molar-refractivity contribution is 0.392. The highest BCUT2D eigenvalue weighted by Gasteiger charge is 2.52. The fourth-order valence-corrected chi connectivity index (χ4v) is 3.22. The average Bonchev–Trinajstić information content (AvgIpc) is 3.05. The third-order valence-electron chi connectivity index (χ3n) is 4.37. The van der Waals surface area contributed by atoms with Crippen LogP contribution in [0, 0.1) is 5.41 Å². The number of rotatable bonds is 2. The minimum absolute atomic E-state index is 0.569. The summed E-state index contributed by atoms with van der Waals surface area (Å²) >= 11 is 0. The third-order valence-corrected chi connectivity index (χ3v) is 4.37. The van der Waals surface area contributed by atoms with Crippen LogP contribution >= 0.6 is 0 Å². The topological polar surface area (TPSA) is 0 Å². The van der Waals surface area contributed by atoms with Crippen LogP contribution < -0.4 is 0 Å². The van der Waals surface area contributed by atoms with Gasteiger partial charge in [-0.15, -0.1) is 0 Å². The zero-order valence-electron chi connectivity index (χ0n) is 9.37. The molecule has 0 radical (unpaired) electrons. The van der Waals surface area contributed by atoms with Crippen molar-refractivity contribution in [1.82, 2.24) is 0 Å². The van der Waals surface area contributed by atoms with Crippen LogP contribution in [0.3, 0.4) is 0 Å². The Balaban J connectivity index is 1.90. The molecule has 0 amide bonds. The quantitative estimate of drug-likeness (QED) is 0.622. The van der Waals surface area contributed by atoms with Crippen LogP contribution in [-0.2, 0) is 0 Å². The minimum Gasteiger partial charge on any atom is -0.0847 e. The van der Waals surface area contributed by atoms with E-state index in [2.05, 4.69) is 43.3 Å². The van der Waals surface area contributed by atoms with Crippen LogP contribution in [0.2, 0.25) is 0 Å². The summed E-state index contributed by atoms with van der Waals surface area (Å²) in [4.78, 5) is 0. The van der Waals surface area contributed by atoms with Gasteiger partial charge in [0.2, 0.25) is 0 Å². The van der Waals surface area contributed by atoms with Crippen molar-refractivity contribution < 1.29 is 0 Å². The third kappa shape index (κ3) is 1.35. The lowest BCUT2D eigenvalue weighted by Crippen LogP contribution is -2.13. The van der Waals surface area contributed by atoms with Gasteiger partial charge in [-0.2, -0.15) is 0 Å². The maximum atomic E-state index is 2.49. The molecule has 0 spiro atoms. The molecule has 15 heavy (non-hydrogen) atoms. The van der Waals surface area contributed by atoms with Crippen LogP contribution in [0.25, 0.3) is 0 Å². The van der Waals surface area contributed by atoms with Crippen LogP contribution in [0.1, 0.15) is 44.1 Å². The second-order valence-electron chi connectivity index (χ2n) is 5.09. The van der Waals surface area contributed by atoms with Gasteiger partial charge in [0, 0.05) is 5.41 Å². The van der Waals surface area contributed by atoms with Gasteiger partial charge < -0.3 is 0 Å². The molecule has 2 unspecified atom stereocenters. The maximum Gasteiger partial charge on any atom is 0.00156 e. The summed E-state index contributed by atoms with van der Waals surface area (Å²) in [5.74, 6) is 0.713. The van der Waals surface area contributed by atoms with Crippen molar-refractivity contribution in [1.29, 1.82) is 0 Å². The summed E-state index contributed by atoms with van der Waals surface area (Å²) in [5.41, 5.74) is 3.83. The molecule has 0 aromatic heterocycles. The van der Waals surface area contributed by atoms with Gasteiger partial charge in [-0.1, -0.05) is 48.9 Å². The predicted octanol–water partition coefficient (Wildman–Crippen LogP) is 4.29. The van der Waals surface area contributed by atoms with Crippen LogP contribution in [0.5, 0.6) is 0 Å². The number of allylic oxidation sites excluding steroid dienone is 2. The van der Waals surface area contributed by atoms with E-state index in [1.165, 1.54) is 31.2 Å². The first kappa shape index (κ1) is 9.21. The molecule has 0 nitrogen and oxygen atoms in total. The molecule has 0 saturated heterocycles. The first-order chi connectivity index (χ1) is 7.33. The van der Waals surface area contributed by atoms with Gasteiger partial charge in [0.05, 0.1) is 0 Å². The van der Waals surface area contributed by atoms with Crippen molar-refractivity contribution >= 4 is 0 Å². The molecule has 1 fully saturated rings. The molecule has 2 aliphatic carbocycles. The van der Waals surface area contributed by atoms with E-state index >= 15 is 0 Å². The zero-order chi connectivity index (χ0) is 10.3. The number of hydrogen-bond donors (Lipinski definition) is 0. The Bertz CT molecular complexity index is 388. The molecule has 1 aromatic carbocycles. The molecule has 2 atom stereocenters. The van der Waals surface area contributed by atoms with E-state index in [9.17, 15) is 0 Å². The van der Waals surface area contributed by atoms with E-state index < -0.39 is 0 Å². The smallest absolute Gasteiger partial charge is 0.00156 e. The van der Waals surface area contributed by atoms with Gasteiger partial charge in [-0.25, -0.2) is 0 Å². The first-order valence-corrected chi connectivity index (χ1v) is 6.07. The lowest BCUT2D eigenvalue weighted by atomic mass is 9.79. The van der Waals surface area contributed by atoms with Gasteiger partial charge in [0.25, 0.3) is 0 Å². The van der Waals surface area contributed by atoms with E-state index in [1.54, 1.807) is 5.57 Å². The molecule has 3 rings (SSSR count). The summed E-state index contributed by atoms with van der Waals surface area (Å²) in [6.45, 7) is 2.40. The second kappa shape index (κ2) is 3.23. The zero-order valence-corrected chi connectivity index (χ0v) is 9.37. The summed E-state index contributed by atoms with van der Waals surface area (Å²) in [6.07, 6.45) is 7.97. The highest BCUT2D eigenvalue weighted by molar-refractivity contribution is 5.41. The van der Waals surface area contributed by atoms with Crippen molar-refractivity contribution in [3.8, 4) is 0 Å². The van der Waals surface area contributed by atoms with Crippen LogP contribution in [-0.4, -0.2) is 0 Å². The number of benzene rings is 1. The van der Waals surface area contributed by atoms with Crippen molar-refractivity contribution in [2.45, 2.75) is 38.5 Å². The highest BCUT2D eigenvalue weighted by atomic mass is 14.6. The fourth-order valence-electron chi connectivity index (χ4n) is 3.22. The number of fused-ring (bicyclic) bond motifs is 1. The molecule has 1 saturated carbocycles. The standard InChI is InChI=1S/C15H18/c1-12(13-7-3-2-4-8-13)15-10-6-5-9-14(15)11-15/h2-4,7-9,12H,5-6,10-11H2,1H3. The van der Waals surface area contributed by atoms with Crippen LogP contribution in [0.15, 0.2) is 42.0 Å². The molecular formula is C15H18. The molecule has 2 aliphatic rings. The maximum absolute atomic E-state index is 2.49. The molecule has 0 bridgehead atoms. The van der Waals surface area contributed by atoms with Gasteiger partial charge in [0.15, 0.2) is 0 Å². The Morgan fingerprint density at radius 2 is 2.00 bits per heavy atom. The van der Waals surface area contributed by atoms with Gasteiger partial charge in [-0.3, -0.25) is 0 Å². The Labute approximate surface area is 92.0 Å². The molecule has 0 N–H and O–H groups in total. The summed E-state index contributed by atoms with van der Waals surface area (Å²) in [6, 6.07) is 11.0. The van der Waals surface area contributed by atoms with Crippen molar-refractivity contribution in [2.24, 2.45) is 5.41 Å². The molecule has 0 heterocycles. The molecule has 0 aliphatic heterocycles. The minimum atomic E-state index is 0.569. The Hall–Kier alpha value is -1.04.